The zero-order chi connectivity index (χ0) is 38.0. The minimum absolute atomic E-state index is 0.0155. The van der Waals surface area contributed by atoms with E-state index in [1.807, 2.05) is 99.7 Å². The number of hydrogen-bond acceptors (Lipinski definition) is 10. The molecule has 3 aliphatic carbocycles. The van der Waals surface area contributed by atoms with Gasteiger partial charge in [0.1, 0.15) is 29.1 Å². The van der Waals surface area contributed by atoms with Crippen molar-refractivity contribution in [3.8, 4) is 11.6 Å². The number of hydrogen-bond donors (Lipinski definition) is 1. The highest BCUT2D eigenvalue weighted by molar-refractivity contribution is 9.10. The molecule has 0 amide bonds. The summed E-state index contributed by atoms with van der Waals surface area (Å²) in [5.74, 6) is -1.65. The number of ketones is 2. The number of halogens is 1. The van der Waals surface area contributed by atoms with Crippen LogP contribution in [0.1, 0.15) is 77.3 Å². The lowest BCUT2D eigenvalue weighted by Crippen LogP contribution is -2.68. The maximum absolute atomic E-state index is 15.7. The molecule has 2 aromatic carbocycles. The minimum atomic E-state index is -2.87. The summed E-state index contributed by atoms with van der Waals surface area (Å²) in [6, 6.07) is 18.7. The zero-order valence-electron chi connectivity index (χ0n) is 31.5. The Balaban J connectivity index is 1.41. The second-order valence-electron chi connectivity index (χ2n) is 16.1. The Morgan fingerprint density at radius 1 is 0.962 bits per heavy atom. The fourth-order valence-electron chi connectivity index (χ4n) is 7.87. The average molecular weight is 801 g/mol. The molecule has 0 unspecified atom stereocenters. The predicted molar refractivity (Wildman–Crippen MR) is 206 cm³/mol. The molecule has 2 heterocycles. The number of carbonyl (C=O) groups excluding carboxylic acids is 2. The molecule has 4 aromatic rings. The number of ether oxygens (including phenoxy) is 2. The predicted octanol–water partition coefficient (Wildman–Crippen LogP) is 8.59. The molecule has 7 rings (SSSR count). The number of fused-ring (bicyclic) bond motifs is 4. The van der Waals surface area contributed by atoms with Crippen molar-refractivity contribution in [2.45, 2.75) is 83.5 Å². The van der Waals surface area contributed by atoms with Crippen molar-refractivity contribution in [1.82, 2.24) is 15.0 Å². The maximum atomic E-state index is 15.7. The summed E-state index contributed by atoms with van der Waals surface area (Å²) in [6.45, 7) is 12.5. The van der Waals surface area contributed by atoms with Gasteiger partial charge in [-0.15, -0.1) is 0 Å². The molecule has 53 heavy (non-hydrogen) atoms. The van der Waals surface area contributed by atoms with E-state index >= 15 is 9.59 Å². The minimum Gasteiger partial charge on any atom is -0.507 e. The van der Waals surface area contributed by atoms with Gasteiger partial charge in [-0.2, -0.15) is 0 Å². The summed E-state index contributed by atoms with van der Waals surface area (Å²) < 4.78 is 26.4. The van der Waals surface area contributed by atoms with Gasteiger partial charge in [0.05, 0.1) is 17.3 Å². The Kier molecular flexibility index (Phi) is 9.58. The standard InChI is InChI=1S/C41H46BrN3O7Si/c1-23-34(49-21-24-15-11-9-12-16-24)30-27(38(42)43-23)19-26-20-28-32(45(5)6)35-31(39(44-51-35)50-22-25-17-13-10-14-18-25)37(48)41(28,36(47)29(26)33(30)46)52-53(7,8)40(2,3)4/h9-18,26,28,32,46H,19-22H2,1-8H3/t26-,28-,32-,41-/m0/s1. The van der Waals surface area contributed by atoms with Crippen LogP contribution in [-0.4, -0.2) is 59.7 Å². The molecule has 4 atom stereocenters. The highest BCUT2D eigenvalue weighted by atomic mass is 79.9. The fraction of sp³-hybridized carbons (Fsp3) is 0.415. The van der Waals surface area contributed by atoms with Crippen LogP contribution in [0.3, 0.4) is 0 Å². The van der Waals surface area contributed by atoms with E-state index < -0.39 is 43.4 Å². The first-order valence-corrected chi connectivity index (χ1v) is 21.7. The molecule has 1 fully saturated rings. The van der Waals surface area contributed by atoms with Crippen LogP contribution in [0.5, 0.6) is 11.6 Å². The molecule has 0 bridgehead atoms. The van der Waals surface area contributed by atoms with Gasteiger partial charge in [0.2, 0.25) is 11.6 Å². The molecule has 1 saturated carbocycles. The summed E-state index contributed by atoms with van der Waals surface area (Å²) in [7, 11) is 0.926. The van der Waals surface area contributed by atoms with Crippen molar-refractivity contribution >= 4 is 41.6 Å². The van der Waals surface area contributed by atoms with Gasteiger partial charge in [0.15, 0.2) is 25.4 Å². The molecule has 1 N–H and O–H groups in total. The first kappa shape index (κ1) is 37.2. The number of pyridine rings is 1. The third-order valence-electron chi connectivity index (χ3n) is 11.5. The third kappa shape index (κ3) is 6.17. The summed E-state index contributed by atoms with van der Waals surface area (Å²) >= 11 is 3.66. The van der Waals surface area contributed by atoms with E-state index in [1.54, 1.807) is 0 Å². The van der Waals surface area contributed by atoms with Crippen LogP contribution in [0.25, 0.3) is 5.76 Å². The Labute approximate surface area is 319 Å². The smallest absolute Gasteiger partial charge is 0.265 e. The third-order valence-corrected chi connectivity index (χ3v) is 16.6. The van der Waals surface area contributed by atoms with E-state index in [4.69, 9.17) is 23.4 Å². The molecule has 0 radical (unpaired) electrons. The summed E-state index contributed by atoms with van der Waals surface area (Å²) in [6.07, 6.45) is 0.750. The van der Waals surface area contributed by atoms with Gasteiger partial charge in [-0.3, -0.25) is 14.5 Å². The van der Waals surface area contributed by atoms with Gasteiger partial charge in [-0.25, -0.2) is 4.98 Å². The van der Waals surface area contributed by atoms with Crippen molar-refractivity contribution in [1.29, 1.82) is 0 Å². The van der Waals surface area contributed by atoms with E-state index in [1.165, 1.54) is 0 Å². The van der Waals surface area contributed by atoms with E-state index in [2.05, 4.69) is 41.9 Å². The Morgan fingerprint density at radius 3 is 2.15 bits per heavy atom. The van der Waals surface area contributed by atoms with Crippen molar-refractivity contribution in [3.63, 3.8) is 0 Å². The molecule has 2 aromatic heterocycles. The highest BCUT2D eigenvalue weighted by Gasteiger charge is 2.69. The van der Waals surface area contributed by atoms with Crippen LogP contribution in [0.15, 0.2) is 75.4 Å². The van der Waals surface area contributed by atoms with Gasteiger partial charge in [-0.05, 0) is 90.1 Å². The average Bonchev–Trinajstić information content (AvgIpc) is 3.52. The van der Waals surface area contributed by atoms with E-state index in [9.17, 15) is 5.11 Å². The monoisotopic (exact) mass is 799 g/mol. The molecule has 12 heteroatoms. The number of aromatic nitrogens is 2. The molecular weight excluding hydrogens is 754 g/mol. The molecule has 0 aliphatic heterocycles. The Bertz CT molecular complexity index is 2110. The summed E-state index contributed by atoms with van der Waals surface area (Å²) in [4.78, 5) is 37.8. The molecule has 3 aliphatic rings. The van der Waals surface area contributed by atoms with Crippen molar-refractivity contribution in [3.05, 3.63) is 110 Å². The van der Waals surface area contributed by atoms with Crippen LogP contribution in [0.4, 0.5) is 0 Å². The molecule has 278 valence electrons. The van der Waals surface area contributed by atoms with Crippen molar-refractivity contribution in [2.75, 3.05) is 14.1 Å². The summed E-state index contributed by atoms with van der Waals surface area (Å²) in [5, 5.41) is 16.3. The second-order valence-corrected chi connectivity index (χ2v) is 21.6. The normalized spacial score (nSPS) is 22.6. The molecule has 10 nitrogen and oxygen atoms in total. The molecule has 0 saturated heterocycles. The lowest BCUT2D eigenvalue weighted by molar-refractivity contribution is -0.140. The first-order chi connectivity index (χ1) is 25.1. The van der Waals surface area contributed by atoms with Crippen LogP contribution in [0.2, 0.25) is 18.1 Å². The number of aliphatic hydroxyl groups is 1. The Morgan fingerprint density at radius 2 is 1.57 bits per heavy atom. The van der Waals surface area contributed by atoms with E-state index in [0.717, 1.165) is 16.7 Å². The SMILES string of the molecule is Cc1nc(Br)c2c(c1OCc1ccccc1)C(O)=C1C(=O)[C@]3(O[Si](C)(C)C(C)(C)C)C(=O)c4c(OCc5ccccc5)noc4[C@@H](N(C)C)[C@@H]3C[C@@H]1C2. The van der Waals surface area contributed by atoms with Gasteiger partial charge in [-0.1, -0.05) is 81.4 Å². The molecular formula is C41H46BrN3O7Si. The first-order valence-electron chi connectivity index (χ1n) is 18.0. The number of aliphatic hydroxyl groups excluding tert-OH is 1. The maximum Gasteiger partial charge on any atom is 0.265 e. The van der Waals surface area contributed by atoms with E-state index in [0.29, 0.717) is 40.2 Å². The van der Waals surface area contributed by atoms with E-state index in [-0.39, 0.29) is 41.0 Å². The number of nitrogens with zero attached hydrogens (tertiary/aromatic N) is 3. The van der Waals surface area contributed by atoms with Crippen LogP contribution in [0, 0.1) is 18.8 Å². The largest absolute Gasteiger partial charge is 0.507 e. The zero-order valence-corrected chi connectivity index (χ0v) is 34.0. The van der Waals surface area contributed by atoms with Gasteiger partial charge >= 0.3 is 0 Å². The number of aryl methyl sites for hydroxylation is 1. The topological polar surface area (TPSA) is 124 Å². The summed E-state index contributed by atoms with van der Waals surface area (Å²) in [5.41, 5.74) is 1.83. The quantitative estimate of drug-likeness (QED) is 0.100. The van der Waals surface area contributed by atoms with Gasteiger partial charge < -0.3 is 23.5 Å². The fourth-order valence-corrected chi connectivity index (χ4v) is 9.95. The second kappa shape index (κ2) is 13.6. The van der Waals surface area contributed by atoms with Gasteiger partial charge in [0.25, 0.3) is 5.88 Å². The van der Waals surface area contributed by atoms with Crippen LogP contribution >= 0.6 is 15.9 Å². The molecule has 0 spiro atoms. The number of benzene rings is 2. The van der Waals surface area contributed by atoms with Gasteiger partial charge in [0, 0.05) is 17.1 Å². The lowest BCUT2D eigenvalue weighted by atomic mass is 9.57. The number of rotatable bonds is 9. The van der Waals surface area contributed by atoms with Crippen molar-refractivity contribution in [2.24, 2.45) is 11.8 Å². The van der Waals surface area contributed by atoms with Crippen molar-refractivity contribution < 1.29 is 33.1 Å². The number of Topliss-reactive ketones (excluding diaryl/α,β-unsaturated/α-hetero) is 2. The van der Waals surface area contributed by atoms with Crippen LogP contribution in [-0.2, 0) is 28.9 Å². The number of carbonyl (C=O) groups is 2. The highest BCUT2D eigenvalue weighted by Crippen LogP contribution is 2.59. The van der Waals surface area contributed by atoms with Crippen LogP contribution < -0.4 is 9.47 Å². The lowest BCUT2D eigenvalue weighted by Gasteiger charge is -2.55. The Hall–Kier alpha value is -4.10.